The monoisotopic (exact) mass is 326 g/mol. The first kappa shape index (κ1) is 17.4. The van der Waals surface area contributed by atoms with Gasteiger partial charge in [0, 0.05) is 18.6 Å². The number of hydrogen-bond donors (Lipinski definition) is 1. The summed E-state index contributed by atoms with van der Waals surface area (Å²) in [7, 11) is 1.61. The second-order valence-corrected chi connectivity index (χ2v) is 6.21. The number of methoxy groups -OCH3 is 1. The van der Waals surface area contributed by atoms with Crippen molar-refractivity contribution in [2.75, 3.05) is 26.8 Å². The molecule has 1 heterocycles. The van der Waals surface area contributed by atoms with Crippen LogP contribution in [0.25, 0.3) is 0 Å². The van der Waals surface area contributed by atoms with E-state index in [1.54, 1.807) is 7.11 Å². The van der Waals surface area contributed by atoms with Crippen molar-refractivity contribution >= 4 is 11.6 Å². The van der Waals surface area contributed by atoms with Gasteiger partial charge in [0.15, 0.2) is 11.5 Å². The number of nitrogens with zero attached hydrogens (tertiary/aromatic N) is 1. The highest BCUT2D eigenvalue weighted by Gasteiger charge is 2.27. The van der Waals surface area contributed by atoms with Crippen LogP contribution in [0.5, 0.6) is 11.5 Å². The predicted octanol–water partition coefficient (Wildman–Crippen LogP) is 3.62. The lowest BCUT2D eigenvalue weighted by molar-refractivity contribution is 0.108. The van der Waals surface area contributed by atoms with Crippen LogP contribution in [0.1, 0.15) is 44.7 Å². The quantitative estimate of drug-likeness (QED) is 0.867. The lowest BCUT2D eigenvalue weighted by Crippen LogP contribution is -2.43. The van der Waals surface area contributed by atoms with E-state index < -0.39 is 0 Å². The standard InChI is InChI=1S/C17H27ClN2O2/c1-4-22-16-10-13(9-14(18)17(16)21-3)15(11-19)20-8-6-5-7-12(20)2/h9-10,12,15H,4-8,11,19H2,1-3H3. The number of halogens is 1. The molecule has 0 saturated carbocycles. The van der Waals surface area contributed by atoms with E-state index >= 15 is 0 Å². The largest absolute Gasteiger partial charge is 0.491 e. The molecule has 1 aromatic carbocycles. The topological polar surface area (TPSA) is 47.7 Å². The van der Waals surface area contributed by atoms with Crippen LogP contribution in [-0.2, 0) is 0 Å². The van der Waals surface area contributed by atoms with E-state index in [1.807, 2.05) is 19.1 Å². The third kappa shape index (κ3) is 3.67. The predicted molar refractivity (Wildman–Crippen MR) is 91.0 cm³/mol. The number of ether oxygens (including phenoxy) is 2. The van der Waals surface area contributed by atoms with Crippen LogP contribution < -0.4 is 15.2 Å². The molecule has 2 atom stereocenters. The highest BCUT2D eigenvalue weighted by atomic mass is 35.5. The SMILES string of the molecule is CCOc1cc(C(CN)N2CCCCC2C)cc(Cl)c1OC. The summed E-state index contributed by atoms with van der Waals surface area (Å²) >= 11 is 6.38. The van der Waals surface area contributed by atoms with Gasteiger partial charge in [-0.15, -0.1) is 0 Å². The first-order chi connectivity index (χ1) is 10.6. The second kappa shape index (κ2) is 8.04. The van der Waals surface area contributed by atoms with Gasteiger partial charge in [0.25, 0.3) is 0 Å². The van der Waals surface area contributed by atoms with E-state index in [0.29, 0.717) is 35.7 Å². The summed E-state index contributed by atoms with van der Waals surface area (Å²) in [6, 6.07) is 4.69. The molecule has 2 rings (SSSR count). The number of piperidine rings is 1. The summed E-state index contributed by atoms with van der Waals surface area (Å²) in [5.41, 5.74) is 7.19. The van der Waals surface area contributed by atoms with Gasteiger partial charge in [-0.25, -0.2) is 0 Å². The zero-order valence-corrected chi connectivity index (χ0v) is 14.5. The summed E-state index contributed by atoms with van der Waals surface area (Å²) in [6.07, 6.45) is 3.74. The van der Waals surface area contributed by atoms with Crippen LogP contribution in [0.15, 0.2) is 12.1 Å². The fourth-order valence-electron chi connectivity index (χ4n) is 3.29. The molecular formula is C17H27ClN2O2. The van der Waals surface area contributed by atoms with E-state index in [0.717, 1.165) is 12.1 Å². The van der Waals surface area contributed by atoms with Gasteiger partial charge in [0.05, 0.1) is 18.7 Å². The Morgan fingerprint density at radius 3 is 2.77 bits per heavy atom. The molecule has 0 aliphatic carbocycles. The van der Waals surface area contributed by atoms with Crippen molar-refractivity contribution in [3.8, 4) is 11.5 Å². The Kier molecular flexibility index (Phi) is 6.36. The Morgan fingerprint density at radius 1 is 1.41 bits per heavy atom. The molecule has 2 N–H and O–H groups in total. The average molecular weight is 327 g/mol. The van der Waals surface area contributed by atoms with Crippen LogP contribution in [0.4, 0.5) is 0 Å². The molecule has 1 aromatic rings. The van der Waals surface area contributed by atoms with Crippen molar-refractivity contribution < 1.29 is 9.47 Å². The summed E-state index contributed by atoms with van der Waals surface area (Å²) in [6.45, 7) is 6.45. The van der Waals surface area contributed by atoms with Crippen molar-refractivity contribution in [1.29, 1.82) is 0 Å². The number of hydrogen-bond acceptors (Lipinski definition) is 4. The zero-order chi connectivity index (χ0) is 16.1. The molecule has 0 radical (unpaired) electrons. The molecule has 1 aliphatic rings. The van der Waals surface area contributed by atoms with Gasteiger partial charge in [0.1, 0.15) is 0 Å². The van der Waals surface area contributed by atoms with Crippen molar-refractivity contribution in [2.45, 2.75) is 45.2 Å². The highest BCUT2D eigenvalue weighted by Crippen LogP contribution is 2.39. The van der Waals surface area contributed by atoms with Crippen molar-refractivity contribution in [2.24, 2.45) is 5.73 Å². The maximum Gasteiger partial charge on any atom is 0.179 e. The van der Waals surface area contributed by atoms with E-state index in [-0.39, 0.29) is 6.04 Å². The first-order valence-electron chi connectivity index (χ1n) is 8.08. The Balaban J connectivity index is 2.35. The van der Waals surface area contributed by atoms with E-state index in [4.69, 9.17) is 26.8 Å². The van der Waals surface area contributed by atoms with Gasteiger partial charge in [-0.2, -0.15) is 0 Å². The maximum absolute atomic E-state index is 6.38. The normalized spacial score (nSPS) is 20.7. The fraction of sp³-hybridized carbons (Fsp3) is 0.647. The lowest BCUT2D eigenvalue weighted by Gasteiger charge is -2.39. The third-order valence-electron chi connectivity index (χ3n) is 4.40. The van der Waals surface area contributed by atoms with Gasteiger partial charge >= 0.3 is 0 Å². The van der Waals surface area contributed by atoms with Gasteiger partial charge in [-0.3, -0.25) is 4.90 Å². The minimum absolute atomic E-state index is 0.165. The summed E-state index contributed by atoms with van der Waals surface area (Å²) < 4.78 is 11.1. The smallest absolute Gasteiger partial charge is 0.179 e. The van der Waals surface area contributed by atoms with Crippen LogP contribution in [0.3, 0.4) is 0 Å². The first-order valence-corrected chi connectivity index (χ1v) is 8.46. The van der Waals surface area contributed by atoms with Crippen LogP contribution >= 0.6 is 11.6 Å². The molecule has 1 saturated heterocycles. The molecule has 4 nitrogen and oxygen atoms in total. The Hall–Kier alpha value is -0.970. The molecule has 1 aliphatic heterocycles. The highest BCUT2D eigenvalue weighted by molar-refractivity contribution is 6.32. The van der Waals surface area contributed by atoms with Crippen LogP contribution in [0.2, 0.25) is 5.02 Å². The van der Waals surface area contributed by atoms with Gasteiger partial charge in [-0.1, -0.05) is 18.0 Å². The minimum atomic E-state index is 0.165. The van der Waals surface area contributed by atoms with Crippen molar-refractivity contribution in [1.82, 2.24) is 4.90 Å². The number of likely N-dealkylation sites (tertiary alicyclic amines) is 1. The number of benzene rings is 1. The van der Waals surface area contributed by atoms with Crippen LogP contribution in [0, 0.1) is 0 Å². The van der Waals surface area contributed by atoms with Gasteiger partial charge in [-0.05, 0) is 50.9 Å². The lowest BCUT2D eigenvalue weighted by atomic mass is 9.97. The Bertz CT molecular complexity index is 496. The molecular weight excluding hydrogens is 300 g/mol. The number of nitrogens with two attached hydrogens (primary N) is 1. The molecule has 0 spiro atoms. The van der Waals surface area contributed by atoms with E-state index in [2.05, 4.69) is 11.8 Å². The van der Waals surface area contributed by atoms with Gasteiger partial charge in [0.2, 0.25) is 0 Å². The number of rotatable bonds is 6. The molecule has 1 fully saturated rings. The molecule has 22 heavy (non-hydrogen) atoms. The second-order valence-electron chi connectivity index (χ2n) is 5.80. The zero-order valence-electron chi connectivity index (χ0n) is 13.8. The summed E-state index contributed by atoms with van der Waals surface area (Å²) in [4.78, 5) is 2.48. The minimum Gasteiger partial charge on any atom is -0.491 e. The van der Waals surface area contributed by atoms with E-state index in [1.165, 1.54) is 19.3 Å². The molecule has 0 bridgehead atoms. The maximum atomic E-state index is 6.38. The molecule has 0 amide bonds. The molecule has 0 aromatic heterocycles. The van der Waals surface area contributed by atoms with Crippen LogP contribution in [-0.4, -0.2) is 37.7 Å². The van der Waals surface area contributed by atoms with E-state index in [9.17, 15) is 0 Å². The summed E-state index contributed by atoms with van der Waals surface area (Å²) in [5.74, 6) is 1.28. The van der Waals surface area contributed by atoms with Gasteiger partial charge < -0.3 is 15.2 Å². The summed E-state index contributed by atoms with van der Waals surface area (Å²) in [5, 5.41) is 0.576. The molecule has 5 heteroatoms. The molecule has 2 unspecified atom stereocenters. The fourth-order valence-corrected chi connectivity index (χ4v) is 3.58. The van der Waals surface area contributed by atoms with Crippen molar-refractivity contribution in [3.05, 3.63) is 22.7 Å². The average Bonchev–Trinajstić information content (AvgIpc) is 2.50. The Labute approximate surface area is 138 Å². The van der Waals surface area contributed by atoms with Crippen molar-refractivity contribution in [3.63, 3.8) is 0 Å². The Morgan fingerprint density at radius 2 is 2.18 bits per heavy atom. The molecule has 124 valence electrons. The third-order valence-corrected chi connectivity index (χ3v) is 4.68.